The Hall–Kier alpha value is -1.55. The maximum Gasteiger partial charge on any atom is 0.161 e. The molecule has 0 aliphatic heterocycles. The van der Waals surface area contributed by atoms with Crippen LogP contribution in [0.3, 0.4) is 0 Å². The van der Waals surface area contributed by atoms with Crippen LogP contribution in [-0.4, -0.2) is 44.0 Å². The Bertz CT molecular complexity index is 430. The van der Waals surface area contributed by atoms with Crippen LogP contribution in [0.15, 0.2) is 18.2 Å². The Morgan fingerprint density at radius 2 is 1.86 bits per heavy atom. The second kappa shape index (κ2) is 9.40. The number of ether oxygens (including phenoxy) is 2. The molecule has 4 heteroatoms. The van der Waals surface area contributed by atoms with Crippen molar-refractivity contribution in [2.45, 2.75) is 27.7 Å². The van der Waals surface area contributed by atoms with E-state index in [2.05, 4.69) is 25.7 Å². The van der Waals surface area contributed by atoms with Crippen LogP contribution in [0.2, 0.25) is 0 Å². The van der Waals surface area contributed by atoms with Crippen LogP contribution < -0.4 is 9.47 Å². The first kappa shape index (κ1) is 17.5. The van der Waals surface area contributed by atoms with E-state index in [1.54, 1.807) is 18.2 Å². The van der Waals surface area contributed by atoms with E-state index in [1.165, 1.54) is 0 Å². The molecule has 1 aromatic rings. The van der Waals surface area contributed by atoms with Crippen molar-refractivity contribution in [2.75, 3.05) is 32.8 Å². The summed E-state index contributed by atoms with van der Waals surface area (Å²) < 4.78 is 11.4. The van der Waals surface area contributed by atoms with Gasteiger partial charge in [0.25, 0.3) is 0 Å². The molecule has 21 heavy (non-hydrogen) atoms. The normalized spacial score (nSPS) is 12.2. The standard InChI is InChI=1S/C17H27NO3/c1-5-18(6-2)11-14(4)13-21-16-9-8-15(12-19)10-17(16)20-7-3/h8-10,12,14H,5-7,11,13H2,1-4H3. The summed E-state index contributed by atoms with van der Waals surface area (Å²) >= 11 is 0. The molecule has 0 fully saturated rings. The molecule has 1 unspecified atom stereocenters. The SMILES string of the molecule is CCOc1cc(C=O)ccc1OCC(C)CN(CC)CC. The molecule has 0 bridgehead atoms. The van der Waals surface area contributed by atoms with Gasteiger partial charge in [0.1, 0.15) is 6.29 Å². The Kier molecular flexibility index (Phi) is 7.83. The highest BCUT2D eigenvalue weighted by Crippen LogP contribution is 2.28. The quantitative estimate of drug-likeness (QED) is 0.621. The maximum atomic E-state index is 10.8. The predicted molar refractivity (Wildman–Crippen MR) is 85.4 cm³/mol. The van der Waals surface area contributed by atoms with Crippen molar-refractivity contribution in [3.05, 3.63) is 23.8 Å². The monoisotopic (exact) mass is 293 g/mol. The minimum absolute atomic E-state index is 0.435. The van der Waals surface area contributed by atoms with Crippen LogP contribution in [0.25, 0.3) is 0 Å². The van der Waals surface area contributed by atoms with Crippen molar-refractivity contribution in [1.82, 2.24) is 4.90 Å². The lowest BCUT2D eigenvalue weighted by atomic mass is 10.2. The first-order valence-electron chi connectivity index (χ1n) is 7.71. The number of rotatable bonds is 10. The van der Waals surface area contributed by atoms with E-state index < -0.39 is 0 Å². The van der Waals surface area contributed by atoms with Crippen molar-refractivity contribution < 1.29 is 14.3 Å². The fourth-order valence-electron chi connectivity index (χ4n) is 2.19. The highest BCUT2D eigenvalue weighted by molar-refractivity contribution is 5.76. The third kappa shape index (κ3) is 5.76. The van der Waals surface area contributed by atoms with Gasteiger partial charge in [0, 0.05) is 18.0 Å². The molecule has 0 spiro atoms. The van der Waals surface area contributed by atoms with Gasteiger partial charge in [0.15, 0.2) is 11.5 Å². The number of carbonyl (C=O) groups is 1. The van der Waals surface area contributed by atoms with Gasteiger partial charge in [-0.15, -0.1) is 0 Å². The number of benzene rings is 1. The van der Waals surface area contributed by atoms with E-state index in [4.69, 9.17) is 9.47 Å². The number of nitrogens with zero attached hydrogens (tertiary/aromatic N) is 1. The molecular formula is C17H27NO3. The van der Waals surface area contributed by atoms with Crippen LogP contribution in [-0.2, 0) is 0 Å². The molecule has 4 nitrogen and oxygen atoms in total. The van der Waals surface area contributed by atoms with Crippen LogP contribution in [0.5, 0.6) is 11.5 Å². The Morgan fingerprint density at radius 3 is 2.43 bits per heavy atom. The van der Waals surface area contributed by atoms with E-state index >= 15 is 0 Å². The summed E-state index contributed by atoms with van der Waals surface area (Å²) in [6, 6.07) is 5.28. The van der Waals surface area contributed by atoms with Crippen LogP contribution in [0.1, 0.15) is 38.1 Å². The number of carbonyl (C=O) groups excluding carboxylic acids is 1. The second-order valence-corrected chi connectivity index (χ2v) is 5.16. The zero-order valence-corrected chi connectivity index (χ0v) is 13.6. The molecule has 1 aromatic carbocycles. The van der Waals surface area contributed by atoms with Crippen LogP contribution in [0.4, 0.5) is 0 Å². The summed E-state index contributed by atoms with van der Waals surface area (Å²) in [6.07, 6.45) is 0.815. The summed E-state index contributed by atoms with van der Waals surface area (Å²) in [6.45, 7) is 12.7. The van der Waals surface area contributed by atoms with Crippen molar-refractivity contribution in [3.8, 4) is 11.5 Å². The molecule has 1 atom stereocenters. The van der Waals surface area contributed by atoms with Gasteiger partial charge in [-0.05, 0) is 38.2 Å². The average molecular weight is 293 g/mol. The molecule has 1 rings (SSSR count). The molecule has 0 aliphatic carbocycles. The van der Waals surface area contributed by atoms with E-state index in [0.29, 0.717) is 36.2 Å². The van der Waals surface area contributed by atoms with Gasteiger partial charge in [-0.2, -0.15) is 0 Å². The smallest absolute Gasteiger partial charge is 0.161 e. The van der Waals surface area contributed by atoms with E-state index in [0.717, 1.165) is 25.9 Å². The average Bonchev–Trinajstić information content (AvgIpc) is 2.51. The molecule has 0 heterocycles. The molecule has 0 saturated carbocycles. The lowest BCUT2D eigenvalue weighted by Gasteiger charge is -2.23. The summed E-state index contributed by atoms with van der Waals surface area (Å²) in [5, 5.41) is 0. The van der Waals surface area contributed by atoms with Crippen molar-refractivity contribution in [1.29, 1.82) is 0 Å². The maximum absolute atomic E-state index is 10.8. The van der Waals surface area contributed by atoms with Gasteiger partial charge in [0.05, 0.1) is 13.2 Å². The van der Waals surface area contributed by atoms with Gasteiger partial charge < -0.3 is 14.4 Å². The molecular weight excluding hydrogens is 266 g/mol. The van der Waals surface area contributed by atoms with Crippen molar-refractivity contribution in [2.24, 2.45) is 5.92 Å². The Labute approximate surface area is 128 Å². The second-order valence-electron chi connectivity index (χ2n) is 5.16. The molecule has 0 aromatic heterocycles. The lowest BCUT2D eigenvalue weighted by molar-refractivity contribution is 0.112. The minimum Gasteiger partial charge on any atom is -0.490 e. The predicted octanol–water partition coefficient (Wildman–Crippen LogP) is 3.25. The van der Waals surface area contributed by atoms with Gasteiger partial charge in [-0.3, -0.25) is 4.79 Å². The first-order chi connectivity index (χ1) is 10.1. The van der Waals surface area contributed by atoms with Crippen molar-refractivity contribution in [3.63, 3.8) is 0 Å². The third-order valence-corrected chi connectivity index (χ3v) is 3.39. The summed E-state index contributed by atoms with van der Waals surface area (Å²) in [4.78, 5) is 13.2. The van der Waals surface area contributed by atoms with Gasteiger partial charge in [-0.1, -0.05) is 20.8 Å². The highest BCUT2D eigenvalue weighted by atomic mass is 16.5. The fraction of sp³-hybridized carbons (Fsp3) is 0.588. The van der Waals surface area contributed by atoms with E-state index in [9.17, 15) is 4.79 Å². The summed E-state index contributed by atoms with van der Waals surface area (Å²) in [5.74, 6) is 1.77. The topological polar surface area (TPSA) is 38.8 Å². The number of hydrogen-bond donors (Lipinski definition) is 0. The molecule has 0 amide bonds. The van der Waals surface area contributed by atoms with Crippen LogP contribution >= 0.6 is 0 Å². The van der Waals surface area contributed by atoms with Gasteiger partial charge in [0.2, 0.25) is 0 Å². The van der Waals surface area contributed by atoms with Crippen molar-refractivity contribution >= 4 is 6.29 Å². The lowest BCUT2D eigenvalue weighted by Crippen LogP contribution is -2.30. The Balaban J connectivity index is 2.63. The third-order valence-electron chi connectivity index (χ3n) is 3.39. The number of hydrogen-bond acceptors (Lipinski definition) is 4. The zero-order chi connectivity index (χ0) is 15.7. The van der Waals surface area contributed by atoms with Gasteiger partial charge >= 0.3 is 0 Å². The van der Waals surface area contributed by atoms with E-state index in [1.807, 2.05) is 6.92 Å². The molecule has 0 saturated heterocycles. The largest absolute Gasteiger partial charge is 0.490 e. The molecule has 0 aliphatic rings. The first-order valence-corrected chi connectivity index (χ1v) is 7.71. The molecule has 118 valence electrons. The summed E-state index contributed by atoms with van der Waals surface area (Å²) in [5.41, 5.74) is 0.599. The van der Waals surface area contributed by atoms with E-state index in [-0.39, 0.29) is 0 Å². The van der Waals surface area contributed by atoms with Gasteiger partial charge in [-0.25, -0.2) is 0 Å². The summed E-state index contributed by atoms with van der Waals surface area (Å²) in [7, 11) is 0. The minimum atomic E-state index is 0.435. The number of aldehydes is 1. The fourth-order valence-corrected chi connectivity index (χ4v) is 2.19. The highest BCUT2D eigenvalue weighted by Gasteiger charge is 2.11. The molecule has 0 N–H and O–H groups in total. The molecule has 0 radical (unpaired) electrons. The van der Waals surface area contributed by atoms with Crippen LogP contribution in [0, 0.1) is 5.92 Å². The Morgan fingerprint density at radius 1 is 1.14 bits per heavy atom. The zero-order valence-electron chi connectivity index (χ0n) is 13.6.